The first-order valence-corrected chi connectivity index (χ1v) is 9.46. The first-order valence-electron chi connectivity index (χ1n) is 9.46. The Morgan fingerprint density at radius 2 is 1.69 bits per heavy atom. The molecule has 7 heteroatoms. The molecule has 0 spiro atoms. The molecule has 0 atom stereocenters. The van der Waals surface area contributed by atoms with Crippen molar-refractivity contribution in [2.75, 3.05) is 22.1 Å². The third-order valence-corrected chi connectivity index (χ3v) is 4.69. The van der Waals surface area contributed by atoms with Crippen LogP contribution >= 0.6 is 0 Å². The zero-order valence-corrected chi connectivity index (χ0v) is 16.1. The first-order chi connectivity index (χ1) is 14.1. The van der Waals surface area contributed by atoms with Crippen molar-refractivity contribution in [1.82, 2.24) is 9.97 Å². The van der Waals surface area contributed by atoms with E-state index in [0.717, 1.165) is 25.1 Å². The van der Waals surface area contributed by atoms with Crippen molar-refractivity contribution in [1.29, 1.82) is 0 Å². The predicted molar refractivity (Wildman–Crippen MR) is 112 cm³/mol. The second-order valence-electron chi connectivity index (χ2n) is 6.87. The molecule has 146 valence electrons. The number of carbonyl (C=O) groups is 2. The number of benzene rings is 2. The number of nitrogens with zero attached hydrogens (tertiary/aromatic N) is 3. The highest BCUT2D eigenvalue weighted by atomic mass is 16.2. The average Bonchev–Trinajstić information content (AvgIpc) is 2.73. The summed E-state index contributed by atoms with van der Waals surface area (Å²) >= 11 is 0. The summed E-state index contributed by atoms with van der Waals surface area (Å²) < 4.78 is 0. The lowest BCUT2D eigenvalue weighted by molar-refractivity contribution is -0.114. The van der Waals surface area contributed by atoms with E-state index in [-0.39, 0.29) is 11.8 Å². The van der Waals surface area contributed by atoms with E-state index < -0.39 is 0 Å². The number of aryl methyl sites for hydroxylation is 1. The Morgan fingerprint density at radius 3 is 2.45 bits per heavy atom. The van der Waals surface area contributed by atoms with E-state index in [9.17, 15) is 9.59 Å². The lowest BCUT2D eigenvalue weighted by atomic mass is 10.0. The van der Waals surface area contributed by atoms with Crippen LogP contribution in [0.3, 0.4) is 0 Å². The molecule has 1 aromatic heterocycles. The van der Waals surface area contributed by atoms with Gasteiger partial charge in [0.1, 0.15) is 0 Å². The molecule has 0 radical (unpaired) electrons. The minimum Gasteiger partial charge on any atom is -0.326 e. The highest BCUT2D eigenvalue weighted by Gasteiger charge is 2.20. The molecule has 2 N–H and O–H groups in total. The van der Waals surface area contributed by atoms with Gasteiger partial charge in [-0.2, -0.15) is 0 Å². The van der Waals surface area contributed by atoms with Gasteiger partial charge < -0.3 is 15.5 Å². The van der Waals surface area contributed by atoms with Gasteiger partial charge in [0, 0.05) is 42.9 Å². The summed E-state index contributed by atoms with van der Waals surface area (Å²) in [6, 6.07) is 15.2. The van der Waals surface area contributed by atoms with Gasteiger partial charge >= 0.3 is 0 Å². The Kier molecular flexibility index (Phi) is 5.20. The van der Waals surface area contributed by atoms with E-state index in [1.165, 1.54) is 24.9 Å². The van der Waals surface area contributed by atoms with Gasteiger partial charge in [-0.25, -0.2) is 9.97 Å². The summed E-state index contributed by atoms with van der Waals surface area (Å²) in [5.41, 5.74) is 3.96. The van der Waals surface area contributed by atoms with Crippen LogP contribution in [0.2, 0.25) is 0 Å². The molecule has 4 rings (SSSR count). The van der Waals surface area contributed by atoms with Gasteiger partial charge in [0.25, 0.3) is 5.91 Å². The number of nitrogens with one attached hydrogen (secondary N) is 2. The molecule has 3 aromatic rings. The van der Waals surface area contributed by atoms with Crippen LogP contribution in [0.15, 0.2) is 60.9 Å². The minimum atomic E-state index is -0.310. The van der Waals surface area contributed by atoms with Crippen LogP contribution in [0.1, 0.15) is 29.3 Å². The van der Waals surface area contributed by atoms with E-state index in [1.807, 2.05) is 12.1 Å². The molecular weight excluding hydrogens is 366 g/mol. The molecule has 0 saturated heterocycles. The van der Waals surface area contributed by atoms with Gasteiger partial charge in [-0.3, -0.25) is 9.59 Å². The summed E-state index contributed by atoms with van der Waals surface area (Å²) in [5.74, 6) is 0.105. The van der Waals surface area contributed by atoms with Crippen molar-refractivity contribution in [3.8, 4) is 0 Å². The largest absolute Gasteiger partial charge is 0.326 e. The Hall–Kier alpha value is -3.74. The molecule has 1 aliphatic heterocycles. The predicted octanol–water partition coefficient (Wildman–Crippen LogP) is 3.77. The van der Waals surface area contributed by atoms with Crippen molar-refractivity contribution in [3.63, 3.8) is 0 Å². The third kappa shape index (κ3) is 4.24. The Labute approximate surface area is 168 Å². The second-order valence-corrected chi connectivity index (χ2v) is 6.87. The normalized spacial score (nSPS) is 12.8. The molecule has 2 heterocycles. The quantitative estimate of drug-likeness (QED) is 0.712. The van der Waals surface area contributed by atoms with Gasteiger partial charge in [-0.05, 0) is 42.7 Å². The third-order valence-electron chi connectivity index (χ3n) is 4.69. The highest BCUT2D eigenvalue weighted by molar-refractivity contribution is 6.04. The summed E-state index contributed by atoms with van der Waals surface area (Å²) in [7, 11) is 0. The molecular formula is C22H21N5O2. The first kappa shape index (κ1) is 18.6. The minimum absolute atomic E-state index is 0.170. The van der Waals surface area contributed by atoms with Crippen LogP contribution < -0.4 is 15.5 Å². The van der Waals surface area contributed by atoms with Crippen molar-refractivity contribution in [2.45, 2.75) is 19.8 Å². The number of para-hydroxylation sites is 1. The standard InChI is InChI=1S/C22H21N5O2/c1-15(28)25-18-8-4-9-19(12-18)26-21(29)17-13-23-22(24-14-17)27-11-5-7-16-6-2-3-10-20(16)27/h2-4,6,8-10,12-14H,5,7,11H2,1H3,(H,25,28)(H,26,29). The van der Waals surface area contributed by atoms with E-state index >= 15 is 0 Å². The number of amides is 2. The molecule has 2 amide bonds. The summed E-state index contributed by atoms with van der Waals surface area (Å²) in [4.78, 5) is 34.6. The number of hydrogen-bond acceptors (Lipinski definition) is 5. The maximum atomic E-state index is 12.5. The molecule has 0 saturated carbocycles. The Morgan fingerprint density at radius 1 is 0.966 bits per heavy atom. The number of aromatic nitrogens is 2. The summed E-state index contributed by atoms with van der Waals surface area (Å²) in [6.45, 7) is 2.28. The van der Waals surface area contributed by atoms with E-state index in [4.69, 9.17) is 0 Å². The molecule has 2 aromatic carbocycles. The number of carbonyl (C=O) groups excluding carboxylic acids is 2. The van der Waals surface area contributed by atoms with Crippen LogP contribution in [0.5, 0.6) is 0 Å². The van der Waals surface area contributed by atoms with Crippen LogP contribution in [0.4, 0.5) is 23.0 Å². The Bertz CT molecular complexity index is 1050. The van der Waals surface area contributed by atoms with E-state index in [1.54, 1.807) is 24.3 Å². The van der Waals surface area contributed by atoms with Crippen LogP contribution in [0.25, 0.3) is 0 Å². The molecule has 7 nitrogen and oxygen atoms in total. The molecule has 0 bridgehead atoms. The average molecular weight is 387 g/mol. The summed E-state index contributed by atoms with van der Waals surface area (Å²) in [6.07, 6.45) is 5.15. The number of anilines is 4. The van der Waals surface area contributed by atoms with Gasteiger partial charge in [-0.1, -0.05) is 24.3 Å². The van der Waals surface area contributed by atoms with Gasteiger partial charge in [0.2, 0.25) is 11.9 Å². The zero-order chi connectivity index (χ0) is 20.2. The summed E-state index contributed by atoms with van der Waals surface area (Å²) in [5, 5.41) is 5.49. The zero-order valence-electron chi connectivity index (χ0n) is 16.1. The second kappa shape index (κ2) is 8.10. The van der Waals surface area contributed by atoms with Crippen LogP contribution in [-0.2, 0) is 11.2 Å². The van der Waals surface area contributed by atoms with Crippen LogP contribution in [-0.4, -0.2) is 28.3 Å². The Balaban J connectivity index is 1.49. The van der Waals surface area contributed by atoms with Gasteiger partial charge in [0.05, 0.1) is 5.56 Å². The maximum absolute atomic E-state index is 12.5. The number of fused-ring (bicyclic) bond motifs is 1. The smallest absolute Gasteiger partial charge is 0.258 e. The SMILES string of the molecule is CC(=O)Nc1cccc(NC(=O)c2cnc(N3CCCc4ccccc43)nc2)c1. The molecule has 1 aliphatic rings. The lowest BCUT2D eigenvalue weighted by Gasteiger charge is -2.29. The highest BCUT2D eigenvalue weighted by Crippen LogP contribution is 2.31. The van der Waals surface area contributed by atoms with Crippen molar-refractivity contribution < 1.29 is 9.59 Å². The van der Waals surface area contributed by atoms with Crippen molar-refractivity contribution in [3.05, 3.63) is 72.1 Å². The van der Waals surface area contributed by atoms with E-state index in [2.05, 4.69) is 37.6 Å². The molecule has 0 unspecified atom stereocenters. The van der Waals surface area contributed by atoms with E-state index in [0.29, 0.717) is 22.9 Å². The number of rotatable bonds is 4. The molecule has 0 fully saturated rings. The number of hydrogen-bond donors (Lipinski definition) is 2. The van der Waals surface area contributed by atoms with Crippen molar-refractivity contribution >= 4 is 34.8 Å². The molecule has 29 heavy (non-hydrogen) atoms. The fourth-order valence-corrected chi connectivity index (χ4v) is 3.40. The van der Waals surface area contributed by atoms with Crippen molar-refractivity contribution in [2.24, 2.45) is 0 Å². The topological polar surface area (TPSA) is 87.2 Å². The van der Waals surface area contributed by atoms with Gasteiger partial charge in [0.15, 0.2) is 0 Å². The fourth-order valence-electron chi connectivity index (χ4n) is 3.40. The monoisotopic (exact) mass is 387 g/mol. The fraction of sp³-hybridized carbons (Fsp3) is 0.182. The maximum Gasteiger partial charge on any atom is 0.258 e. The molecule has 0 aliphatic carbocycles. The lowest BCUT2D eigenvalue weighted by Crippen LogP contribution is -2.26. The van der Waals surface area contributed by atoms with Crippen LogP contribution in [0, 0.1) is 0 Å². The van der Waals surface area contributed by atoms with Gasteiger partial charge in [-0.15, -0.1) is 0 Å².